The summed E-state index contributed by atoms with van der Waals surface area (Å²) in [4.78, 5) is 0. The summed E-state index contributed by atoms with van der Waals surface area (Å²) in [6.45, 7) is 9.79. The Bertz CT molecular complexity index is 3150. The number of fused-ring (bicyclic) bond motifs is 8. The SMILES string of the molecule is CC1(C)CCC(C)(C)c2cc([Si](c3ccccc3)(c3ccccc3)c3ccc4c(c3)c3c(ccc5c6ccccc6n(-c6ccccc6)c53)n4-c3ccccc3)ccc21. The van der Waals surface area contributed by atoms with Gasteiger partial charge in [0.2, 0.25) is 0 Å². The van der Waals surface area contributed by atoms with Gasteiger partial charge in [0.1, 0.15) is 0 Å². The fraction of sp³-hybridized carbons (Fsp3) is 0.143. The molecule has 2 aromatic heterocycles. The molecule has 0 radical (unpaired) electrons. The van der Waals surface area contributed by atoms with Crippen molar-refractivity contribution < 1.29 is 0 Å². The average Bonchev–Trinajstić information content (AvgIpc) is 3.80. The average molecular weight is 777 g/mol. The van der Waals surface area contributed by atoms with E-state index in [1.807, 2.05) is 0 Å². The van der Waals surface area contributed by atoms with Crippen LogP contribution in [-0.2, 0) is 10.8 Å². The molecule has 1 aliphatic rings. The van der Waals surface area contributed by atoms with Crippen molar-refractivity contribution in [3.63, 3.8) is 0 Å². The van der Waals surface area contributed by atoms with Gasteiger partial charge in [-0.25, -0.2) is 0 Å². The molecule has 0 bridgehead atoms. The van der Waals surface area contributed by atoms with Crippen LogP contribution < -0.4 is 20.7 Å². The fourth-order valence-corrected chi connectivity index (χ4v) is 15.5. The molecule has 1 aliphatic carbocycles. The topological polar surface area (TPSA) is 9.86 Å². The zero-order chi connectivity index (χ0) is 39.9. The lowest BCUT2D eigenvalue weighted by Crippen LogP contribution is -2.74. The lowest BCUT2D eigenvalue weighted by Gasteiger charge is -2.43. The molecule has 0 atom stereocenters. The van der Waals surface area contributed by atoms with Crippen molar-refractivity contribution >= 4 is 72.4 Å². The number of para-hydroxylation sites is 3. The molecule has 11 rings (SSSR count). The largest absolute Gasteiger partial charge is 0.309 e. The monoisotopic (exact) mass is 776 g/mol. The Morgan fingerprint density at radius 1 is 0.373 bits per heavy atom. The van der Waals surface area contributed by atoms with E-state index in [0.717, 1.165) is 5.69 Å². The van der Waals surface area contributed by atoms with Crippen molar-refractivity contribution in [2.45, 2.75) is 51.4 Å². The van der Waals surface area contributed by atoms with Gasteiger partial charge < -0.3 is 9.13 Å². The van der Waals surface area contributed by atoms with E-state index in [1.165, 1.54) is 94.0 Å². The zero-order valence-electron chi connectivity index (χ0n) is 34.3. The Kier molecular flexibility index (Phi) is 8.06. The first-order chi connectivity index (χ1) is 28.8. The maximum absolute atomic E-state index is 2.94. The summed E-state index contributed by atoms with van der Waals surface area (Å²) in [5.41, 5.74) is 10.4. The third kappa shape index (κ3) is 5.31. The van der Waals surface area contributed by atoms with Crippen molar-refractivity contribution in [1.82, 2.24) is 9.13 Å². The van der Waals surface area contributed by atoms with Crippen molar-refractivity contribution in [3.8, 4) is 11.4 Å². The van der Waals surface area contributed by atoms with Crippen LogP contribution >= 0.6 is 0 Å². The molecule has 0 amide bonds. The standard InChI is InChI=1S/C56H48N2Si/c1-55(2)35-36-56(3,4)49-38-44(29-32-48(49)55)59(41-23-13-7-14-24-41,42-25-15-8-16-26-42)43-30-33-51-47(37-43)53-52(57(51)39-19-9-5-10-20-39)34-31-46-45-27-17-18-28-50(45)58(54(46)53)40-21-11-6-12-22-40/h5-34,37-38H,35-36H2,1-4H3. The van der Waals surface area contributed by atoms with Crippen LogP contribution in [0, 0.1) is 0 Å². The van der Waals surface area contributed by atoms with Gasteiger partial charge in [0.05, 0.1) is 22.1 Å². The third-order valence-corrected chi connectivity index (χ3v) is 18.5. The van der Waals surface area contributed by atoms with Crippen molar-refractivity contribution in [2.24, 2.45) is 0 Å². The second kappa shape index (κ2) is 13.3. The highest BCUT2D eigenvalue weighted by atomic mass is 28.3. The molecule has 59 heavy (non-hydrogen) atoms. The minimum absolute atomic E-state index is 0.0812. The van der Waals surface area contributed by atoms with Gasteiger partial charge >= 0.3 is 0 Å². The summed E-state index contributed by atoms with van der Waals surface area (Å²) in [5.74, 6) is 0. The van der Waals surface area contributed by atoms with Gasteiger partial charge in [-0.15, -0.1) is 0 Å². The van der Waals surface area contributed by atoms with Crippen molar-refractivity contribution in [2.75, 3.05) is 0 Å². The van der Waals surface area contributed by atoms with E-state index in [4.69, 9.17) is 0 Å². The number of benzene rings is 8. The maximum atomic E-state index is 2.64. The predicted molar refractivity (Wildman–Crippen MR) is 254 cm³/mol. The molecule has 8 aromatic carbocycles. The van der Waals surface area contributed by atoms with E-state index in [0.29, 0.717) is 0 Å². The molecule has 10 aromatic rings. The fourth-order valence-electron chi connectivity index (χ4n) is 10.7. The second-order valence-electron chi connectivity index (χ2n) is 18.0. The van der Waals surface area contributed by atoms with Crippen LogP contribution in [0.4, 0.5) is 0 Å². The molecule has 2 nitrogen and oxygen atoms in total. The zero-order valence-corrected chi connectivity index (χ0v) is 35.3. The van der Waals surface area contributed by atoms with Gasteiger partial charge in [-0.05, 0) is 98.0 Å². The molecule has 2 heterocycles. The highest BCUT2D eigenvalue weighted by Crippen LogP contribution is 2.46. The summed E-state index contributed by atoms with van der Waals surface area (Å²) in [6.07, 6.45) is 2.38. The van der Waals surface area contributed by atoms with E-state index >= 15 is 0 Å². The highest BCUT2D eigenvalue weighted by Gasteiger charge is 2.44. The highest BCUT2D eigenvalue weighted by molar-refractivity contribution is 7.20. The van der Waals surface area contributed by atoms with Crippen LogP contribution in [0.1, 0.15) is 51.7 Å². The first-order valence-electron chi connectivity index (χ1n) is 21.2. The lowest BCUT2D eigenvalue weighted by molar-refractivity contribution is 0.332. The van der Waals surface area contributed by atoms with Crippen LogP contribution in [0.25, 0.3) is 55.0 Å². The third-order valence-electron chi connectivity index (χ3n) is 13.7. The number of hydrogen-bond acceptors (Lipinski definition) is 0. The molecular weight excluding hydrogens is 729 g/mol. The van der Waals surface area contributed by atoms with Gasteiger partial charge in [0, 0.05) is 32.9 Å². The lowest BCUT2D eigenvalue weighted by atomic mass is 9.63. The molecule has 0 unspecified atom stereocenters. The van der Waals surface area contributed by atoms with Crippen LogP contribution in [0.2, 0.25) is 0 Å². The molecule has 286 valence electrons. The van der Waals surface area contributed by atoms with E-state index in [-0.39, 0.29) is 10.8 Å². The van der Waals surface area contributed by atoms with Crippen LogP contribution in [0.15, 0.2) is 194 Å². The number of hydrogen-bond donors (Lipinski definition) is 0. The Labute approximate surface area is 348 Å². The normalized spacial score (nSPS) is 14.9. The van der Waals surface area contributed by atoms with Crippen LogP contribution in [0.3, 0.4) is 0 Å². The summed E-state index contributed by atoms with van der Waals surface area (Å²) in [6, 6.07) is 73.5. The Hall–Kier alpha value is -6.42. The minimum atomic E-state index is -2.94. The van der Waals surface area contributed by atoms with Crippen molar-refractivity contribution in [1.29, 1.82) is 0 Å². The molecular formula is C56H48N2Si. The first-order valence-corrected chi connectivity index (χ1v) is 23.2. The summed E-state index contributed by atoms with van der Waals surface area (Å²) < 4.78 is 4.99. The minimum Gasteiger partial charge on any atom is -0.309 e. The summed E-state index contributed by atoms with van der Waals surface area (Å²) >= 11 is 0. The van der Waals surface area contributed by atoms with Gasteiger partial charge in [-0.3, -0.25) is 0 Å². The maximum Gasteiger partial charge on any atom is 0.179 e. The van der Waals surface area contributed by atoms with E-state index in [2.05, 4.69) is 231 Å². The second-order valence-corrected chi connectivity index (χ2v) is 21.8. The number of nitrogens with zero attached hydrogens (tertiary/aromatic N) is 2. The van der Waals surface area contributed by atoms with Gasteiger partial charge in [0.25, 0.3) is 0 Å². The molecule has 0 fully saturated rings. The first kappa shape index (κ1) is 35.7. The van der Waals surface area contributed by atoms with Gasteiger partial charge in [-0.1, -0.05) is 179 Å². The molecule has 0 spiro atoms. The van der Waals surface area contributed by atoms with E-state index in [9.17, 15) is 0 Å². The van der Waals surface area contributed by atoms with Crippen LogP contribution in [-0.4, -0.2) is 17.2 Å². The number of aromatic nitrogens is 2. The Morgan fingerprint density at radius 3 is 1.51 bits per heavy atom. The number of rotatable bonds is 6. The summed E-state index contributed by atoms with van der Waals surface area (Å²) in [7, 11) is -2.94. The Balaban J connectivity index is 1.32. The smallest absolute Gasteiger partial charge is 0.179 e. The van der Waals surface area contributed by atoms with Gasteiger partial charge in [-0.2, -0.15) is 0 Å². The van der Waals surface area contributed by atoms with Crippen LogP contribution in [0.5, 0.6) is 0 Å². The van der Waals surface area contributed by atoms with E-state index < -0.39 is 8.07 Å². The molecule has 0 aliphatic heterocycles. The molecule has 0 saturated heterocycles. The molecule has 0 saturated carbocycles. The van der Waals surface area contributed by atoms with E-state index in [1.54, 1.807) is 0 Å². The molecule has 3 heteroatoms. The molecule has 0 N–H and O–H groups in total. The van der Waals surface area contributed by atoms with Gasteiger partial charge in [0.15, 0.2) is 8.07 Å². The summed E-state index contributed by atoms with van der Waals surface area (Å²) in [5, 5.41) is 10.7. The quantitative estimate of drug-likeness (QED) is 0.118. The Morgan fingerprint density at radius 2 is 0.864 bits per heavy atom. The predicted octanol–water partition coefficient (Wildman–Crippen LogP) is 11.6. The van der Waals surface area contributed by atoms with Crippen molar-refractivity contribution in [3.05, 3.63) is 205 Å².